The lowest BCUT2D eigenvalue weighted by Crippen LogP contribution is -2.02. The molecule has 0 fully saturated rings. The summed E-state index contributed by atoms with van der Waals surface area (Å²) in [6, 6.07) is 0. The van der Waals surface area contributed by atoms with Gasteiger partial charge in [0.2, 0.25) is 0 Å². The first-order valence-corrected chi connectivity index (χ1v) is 3.92. The molecular formula is C7H11N3O3. The summed E-state index contributed by atoms with van der Waals surface area (Å²) in [5, 5.41) is 14.7. The fraction of sp³-hybridized carbons (Fsp3) is 0.571. The van der Waals surface area contributed by atoms with E-state index in [4.69, 9.17) is 9.84 Å². The molecule has 6 nitrogen and oxygen atoms in total. The summed E-state index contributed by atoms with van der Waals surface area (Å²) < 4.78 is 5.05. The number of aromatic nitrogens is 3. The van der Waals surface area contributed by atoms with Crippen LogP contribution in [0.5, 0.6) is 0 Å². The van der Waals surface area contributed by atoms with E-state index in [9.17, 15) is 4.79 Å². The molecule has 0 saturated heterocycles. The summed E-state index contributed by atoms with van der Waals surface area (Å²) in [6.45, 7) is 2.76. The van der Waals surface area contributed by atoms with Crippen LogP contribution in [0, 0.1) is 0 Å². The lowest BCUT2D eigenvalue weighted by atomic mass is 10.4. The number of aliphatic carboxylic acids is 1. The number of aromatic amines is 1. The average Bonchev–Trinajstić information content (AvgIpc) is 2.48. The van der Waals surface area contributed by atoms with Crippen molar-refractivity contribution < 1.29 is 14.6 Å². The number of carboxylic acids is 1. The maximum absolute atomic E-state index is 10.3. The van der Waals surface area contributed by atoms with Crippen molar-refractivity contribution in [1.29, 1.82) is 0 Å². The highest BCUT2D eigenvalue weighted by Gasteiger charge is 2.06. The van der Waals surface area contributed by atoms with Gasteiger partial charge in [-0.1, -0.05) is 0 Å². The smallest absolute Gasteiger partial charge is 0.311 e. The highest BCUT2D eigenvalue weighted by molar-refractivity contribution is 5.68. The Hall–Kier alpha value is -1.43. The van der Waals surface area contributed by atoms with Gasteiger partial charge >= 0.3 is 5.97 Å². The Balaban J connectivity index is 2.48. The minimum absolute atomic E-state index is 0.140. The number of hydrogen-bond acceptors (Lipinski definition) is 4. The summed E-state index contributed by atoms with van der Waals surface area (Å²) in [4.78, 5) is 14.2. The first-order chi connectivity index (χ1) is 6.22. The molecule has 72 valence electrons. The summed E-state index contributed by atoms with van der Waals surface area (Å²) in [6.07, 6.45) is -0.140. The number of H-pyrrole nitrogens is 1. The van der Waals surface area contributed by atoms with Gasteiger partial charge in [0.1, 0.15) is 18.9 Å². The molecule has 1 rings (SSSR count). The van der Waals surface area contributed by atoms with Crippen LogP contribution in [0.15, 0.2) is 0 Å². The number of ether oxygens (including phenoxy) is 1. The van der Waals surface area contributed by atoms with Crippen LogP contribution in [0.25, 0.3) is 0 Å². The summed E-state index contributed by atoms with van der Waals surface area (Å²) in [5.74, 6) is -0.0978. The van der Waals surface area contributed by atoms with Crippen LogP contribution >= 0.6 is 0 Å². The van der Waals surface area contributed by atoms with Gasteiger partial charge in [0.15, 0.2) is 5.82 Å². The molecule has 0 aromatic carbocycles. The van der Waals surface area contributed by atoms with E-state index in [2.05, 4.69) is 15.2 Å². The van der Waals surface area contributed by atoms with Gasteiger partial charge in [-0.15, -0.1) is 0 Å². The van der Waals surface area contributed by atoms with Gasteiger partial charge in [0.05, 0.1) is 0 Å². The Morgan fingerprint density at radius 2 is 2.46 bits per heavy atom. The second-order valence-corrected chi connectivity index (χ2v) is 2.41. The Labute approximate surface area is 74.9 Å². The predicted molar refractivity (Wildman–Crippen MR) is 43.1 cm³/mol. The van der Waals surface area contributed by atoms with Crippen molar-refractivity contribution in [2.45, 2.75) is 20.0 Å². The maximum atomic E-state index is 10.3. The SMILES string of the molecule is CCOCc1n[nH]c(CC(=O)O)n1. The molecule has 0 amide bonds. The van der Waals surface area contributed by atoms with Gasteiger partial charge in [-0.3, -0.25) is 9.89 Å². The molecule has 0 aliphatic carbocycles. The largest absolute Gasteiger partial charge is 0.481 e. The standard InChI is InChI=1S/C7H11N3O3/c1-2-13-4-6-8-5(9-10-6)3-7(11)12/h2-4H2,1H3,(H,11,12)(H,8,9,10). The third-order valence-electron chi connectivity index (χ3n) is 1.33. The van der Waals surface area contributed by atoms with E-state index in [1.807, 2.05) is 6.92 Å². The summed E-state index contributed by atoms with van der Waals surface area (Å²) >= 11 is 0. The van der Waals surface area contributed by atoms with Crippen molar-refractivity contribution >= 4 is 5.97 Å². The Bertz CT molecular complexity index is 284. The first kappa shape index (κ1) is 9.66. The minimum atomic E-state index is -0.931. The third kappa shape index (κ3) is 3.20. The van der Waals surface area contributed by atoms with Crippen LogP contribution < -0.4 is 0 Å². The molecule has 0 bridgehead atoms. The van der Waals surface area contributed by atoms with Crippen LogP contribution in [0.1, 0.15) is 18.6 Å². The van der Waals surface area contributed by atoms with Crippen LogP contribution in [0.2, 0.25) is 0 Å². The predicted octanol–water partition coefficient (Wildman–Crippen LogP) is -0.0317. The molecule has 1 aromatic heterocycles. The molecule has 0 aliphatic heterocycles. The maximum Gasteiger partial charge on any atom is 0.311 e. The van der Waals surface area contributed by atoms with Crippen molar-refractivity contribution in [3.8, 4) is 0 Å². The molecule has 1 aromatic rings. The molecule has 6 heteroatoms. The first-order valence-electron chi connectivity index (χ1n) is 3.92. The third-order valence-corrected chi connectivity index (χ3v) is 1.33. The van der Waals surface area contributed by atoms with Crippen molar-refractivity contribution in [3.63, 3.8) is 0 Å². The number of carbonyl (C=O) groups is 1. The molecule has 2 N–H and O–H groups in total. The van der Waals surface area contributed by atoms with Crippen LogP contribution in [0.4, 0.5) is 0 Å². The number of nitrogens with one attached hydrogen (secondary N) is 1. The molecule has 13 heavy (non-hydrogen) atoms. The minimum Gasteiger partial charge on any atom is -0.481 e. The fourth-order valence-electron chi connectivity index (χ4n) is 0.815. The van der Waals surface area contributed by atoms with E-state index < -0.39 is 5.97 Å². The van der Waals surface area contributed by atoms with Crippen molar-refractivity contribution in [3.05, 3.63) is 11.6 Å². The van der Waals surface area contributed by atoms with E-state index in [-0.39, 0.29) is 6.42 Å². The molecule has 0 atom stereocenters. The topological polar surface area (TPSA) is 88.1 Å². The average molecular weight is 185 g/mol. The monoisotopic (exact) mass is 185 g/mol. The Morgan fingerprint density at radius 1 is 1.69 bits per heavy atom. The molecule has 0 saturated carbocycles. The van der Waals surface area contributed by atoms with Gasteiger partial charge in [0.25, 0.3) is 0 Å². The summed E-state index contributed by atoms with van der Waals surface area (Å²) in [5.41, 5.74) is 0. The molecule has 0 radical (unpaired) electrons. The zero-order valence-corrected chi connectivity index (χ0v) is 7.28. The molecule has 0 unspecified atom stereocenters. The molecule has 1 heterocycles. The Morgan fingerprint density at radius 3 is 3.08 bits per heavy atom. The Kier molecular flexibility index (Phi) is 3.39. The van der Waals surface area contributed by atoms with Gasteiger partial charge in [-0.2, -0.15) is 5.10 Å². The molecule has 0 spiro atoms. The number of rotatable bonds is 5. The van der Waals surface area contributed by atoms with Gasteiger partial charge in [-0.25, -0.2) is 4.98 Å². The van der Waals surface area contributed by atoms with E-state index in [0.29, 0.717) is 24.9 Å². The van der Waals surface area contributed by atoms with Gasteiger partial charge < -0.3 is 9.84 Å². The second-order valence-electron chi connectivity index (χ2n) is 2.41. The van der Waals surface area contributed by atoms with Gasteiger partial charge in [0, 0.05) is 6.61 Å². The summed E-state index contributed by atoms with van der Waals surface area (Å²) in [7, 11) is 0. The number of carboxylic acid groups (broad SMARTS) is 1. The second kappa shape index (κ2) is 4.56. The van der Waals surface area contributed by atoms with Crippen LogP contribution in [-0.2, 0) is 22.6 Å². The molecule has 0 aliphatic rings. The number of nitrogens with zero attached hydrogens (tertiary/aromatic N) is 2. The molecular weight excluding hydrogens is 174 g/mol. The van der Waals surface area contributed by atoms with Crippen molar-refractivity contribution in [2.75, 3.05) is 6.61 Å². The number of hydrogen-bond donors (Lipinski definition) is 2. The fourth-order valence-corrected chi connectivity index (χ4v) is 0.815. The normalized spacial score (nSPS) is 10.2. The lowest BCUT2D eigenvalue weighted by molar-refractivity contribution is -0.136. The van der Waals surface area contributed by atoms with Crippen molar-refractivity contribution in [2.24, 2.45) is 0 Å². The van der Waals surface area contributed by atoms with Crippen LogP contribution in [0.3, 0.4) is 0 Å². The van der Waals surface area contributed by atoms with Gasteiger partial charge in [-0.05, 0) is 6.92 Å². The van der Waals surface area contributed by atoms with Crippen molar-refractivity contribution in [1.82, 2.24) is 15.2 Å². The highest BCUT2D eigenvalue weighted by atomic mass is 16.5. The van der Waals surface area contributed by atoms with E-state index in [0.717, 1.165) is 0 Å². The highest BCUT2D eigenvalue weighted by Crippen LogP contribution is 1.95. The lowest BCUT2D eigenvalue weighted by Gasteiger charge is -1.92. The zero-order chi connectivity index (χ0) is 9.68. The van der Waals surface area contributed by atoms with E-state index in [1.165, 1.54) is 0 Å². The zero-order valence-electron chi connectivity index (χ0n) is 7.28. The van der Waals surface area contributed by atoms with Crippen LogP contribution in [-0.4, -0.2) is 32.9 Å². The van der Waals surface area contributed by atoms with E-state index in [1.54, 1.807) is 0 Å². The van der Waals surface area contributed by atoms with E-state index >= 15 is 0 Å². The quantitative estimate of drug-likeness (QED) is 0.672.